The van der Waals surface area contributed by atoms with Crippen molar-refractivity contribution in [3.63, 3.8) is 0 Å². The van der Waals surface area contributed by atoms with E-state index in [4.69, 9.17) is 5.11 Å². The lowest BCUT2D eigenvalue weighted by molar-refractivity contribution is 0.112. The predicted molar refractivity (Wildman–Crippen MR) is 47.3 cm³/mol. The van der Waals surface area contributed by atoms with Crippen molar-refractivity contribution in [1.29, 1.82) is 0 Å². The monoisotopic (exact) mass is 162 g/mol. The van der Waals surface area contributed by atoms with Crippen LogP contribution in [-0.4, -0.2) is 11.4 Å². The van der Waals surface area contributed by atoms with Crippen LogP contribution in [0.3, 0.4) is 0 Å². The van der Waals surface area contributed by atoms with Gasteiger partial charge in [-0.05, 0) is 5.56 Å². The molecular weight excluding hydrogens is 152 g/mol. The van der Waals surface area contributed by atoms with E-state index in [0.717, 1.165) is 11.8 Å². The molecular formula is C10H10O2. The van der Waals surface area contributed by atoms with Crippen LogP contribution in [0, 0.1) is 0 Å². The van der Waals surface area contributed by atoms with Gasteiger partial charge in [0, 0.05) is 12.0 Å². The molecule has 2 nitrogen and oxygen atoms in total. The molecule has 1 rings (SSSR count). The fourth-order valence-electron chi connectivity index (χ4n) is 0.950. The lowest BCUT2D eigenvalue weighted by atomic mass is 10.1. The second-order valence-electron chi connectivity index (χ2n) is 2.60. The lowest BCUT2D eigenvalue weighted by Gasteiger charge is -1.98. The Hall–Kier alpha value is -1.57. The number of benzene rings is 1. The van der Waals surface area contributed by atoms with Gasteiger partial charge in [0.2, 0.25) is 0 Å². The van der Waals surface area contributed by atoms with Gasteiger partial charge in [-0.2, -0.15) is 0 Å². The summed E-state index contributed by atoms with van der Waals surface area (Å²) in [5.74, 6) is 0.133. The molecule has 2 heteroatoms. The topological polar surface area (TPSA) is 37.3 Å². The van der Waals surface area contributed by atoms with E-state index in [1.54, 1.807) is 24.3 Å². The summed E-state index contributed by atoms with van der Waals surface area (Å²) in [5, 5.41) is 8.87. The Labute approximate surface area is 71.2 Å². The minimum atomic E-state index is 0.133. The van der Waals surface area contributed by atoms with Crippen molar-refractivity contribution in [3.05, 3.63) is 47.7 Å². The van der Waals surface area contributed by atoms with Crippen LogP contribution >= 0.6 is 0 Å². The van der Waals surface area contributed by atoms with Gasteiger partial charge in [0.05, 0.1) is 5.76 Å². The highest BCUT2D eigenvalue weighted by Crippen LogP contribution is 2.05. The molecule has 12 heavy (non-hydrogen) atoms. The minimum absolute atomic E-state index is 0.133. The molecule has 0 saturated carbocycles. The van der Waals surface area contributed by atoms with Gasteiger partial charge in [0.25, 0.3) is 0 Å². The first-order chi connectivity index (χ1) is 5.72. The number of rotatable bonds is 3. The highest BCUT2D eigenvalue weighted by Gasteiger charge is 1.94. The minimum Gasteiger partial charge on any atom is -0.513 e. The molecule has 0 radical (unpaired) electrons. The van der Waals surface area contributed by atoms with Crippen LogP contribution in [0.4, 0.5) is 0 Å². The summed E-state index contributed by atoms with van der Waals surface area (Å²) in [4.78, 5) is 10.3. The van der Waals surface area contributed by atoms with Crippen molar-refractivity contribution < 1.29 is 9.90 Å². The van der Waals surface area contributed by atoms with Crippen LogP contribution in [0.15, 0.2) is 36.6 Å². The Morgan fingerprint density at radius 1 is 1.42 bits per heavy atom. The summed E-state index contributed by atoms with van der Waals surface area (Å²) in [7, 11) is 0. The average Bonchev–Trinajstić information content (AvgIpc) is 2.05. The maximum absolute atomic E-state index is 10.3. The molecule has 0 heterocycles. The summed E-state index contributed by atoms with van der Waals surface area (Å²) in [6.45, 7) is 3.38. The third kappa shape index (κ3) is 2.23. The second kappa shape index (κ2) is 3.72. The molecule has 1 aromatic rings. The van der Waals surface area contributed by atoms with Gasteiger partial charge in [0.15, 0.2) is 0 Å². The van der Waals surface area contributed by atoms with Crippen LogP contribution in [-0.2, 0) is 6.42 Å². The molecule has 0 aliphatic heterocycles. The van der Waals surface area contributed by atoms with Crippen LogP contribution in [0.1, 0.15) is 15.9 Å². The van der Waals surface area contributed by atoms with Crippen LogP contribution < -0.4 is 0 Å². The van der Waals surface area contributed by atoms with E-state index in [9.17, 15) is 4.79 Å². The number of carbonyl (C=O) groups excluding carboxylic acids is 1. The van der Waals surface area contributed by atoms with Gasteiger partial charge >= 0.3 is 0 Å². The first kappa shape index (κ1) is 8.53. The number of aldehydes is 1. The molecule has 1 aromatic carbocycles. The Morgan fingerprint density at radius 3 is 2.42 bits per heavy atom. The molecule has 0 aliphatic carbocycles. The number of allylic oxidation sites excluding steroid dienone is 1. The summed E-state index contributed by atoms with van der Waals surface area (Å²) in [5.41, 5.74) is 1.59. The average molecular weight is 162 g/mol. The molecule has 0 saturated heterocycles. The summed E-state index contributed by atoms with van der Waals surface area (Å²) >= 11 is 0. The predicted octanol–water partition coefficient (Wildman–Crippen LogP) is 2.11. The molecule has 0 aliphatic rings. The zero-order chi connectivity index (χ0) is 8.97. The Bertz CT molecular complexity index is 285. The van der Waals surface area contributed by atoms with E-state index in [-0.39, 0.29) is 5.76 Å². The van der Waals surface area contributed by atoms with E-state index in [1.165, 1.54) is 0 Å². The smallest absolute Gasteiger partial charge is 0.150 e. The second-order valence-corrected chi connectivity index (χ2v) is 2.60. The van der Waals surface area contributed by atoms with Crippen molar-refractivity contribution in [2.45, 2.75) is 6.42 Å². The highest BCUT2D eigenvalue weighted by atomic mass is 16.3. The molecule has 0 bridgehead atoms. The number of hydrogen-bond acceptors (Lipinski definition) is 2. The largest absolute Gasteiger partial charge is 0.513 e. The van der Waals surface area contributed by atoms with Gasteiger partial charge in [-0.1, -0.05) is 30.8 Å². The van der Waals surface area contributed by atoms with Gasteiger partial charge in [-0.15, -0.1) is 0 Å². The van der Waals surface area contributed by atoms with Gasteiger partial charge in [-0.25, -0.2) is 0 Å². The van der Waals surface area contributed by atoms with Crippen molar-refractivity contribution in [2.24, 2.45) is 0 Å². The van der Waals surface area contributed by atoms with E-state index >= 15 is 0 Å². The van der Waals surface area contributed by atoms with Gasteiger partial charge in [-0.3, -0.25) is 4.79 Å². The molecule has 0 fully saturated rings. The normalized spacial score (nSPS) is 9.33. The van der Waals surface area contributed by atoms with E-state index in [2.05, 4.69) is 6.58 Å². The quantitative estimate of drug-likeness (QED) is 0.546. The Kier molecular flexibility index (Phi) is 2.64. The van der Waals surface area contributed by atoms with E-state index in [1.807, 2.05) is 0 Å². The van der Waals surface area contributed by atoms with Crippen LogP contribution in [0.5, 0.6) is 0 Å². The van der Waals surface area contributed by atoms with E-state index in [0.29, 0.717) is 12.0 Å². The van der Waals surface area contributed by atoms with Gasteiger partial charge < -0.3 is 5.11 Å². The number of aliphatic hydroxyl groups excluding tert-OH is 1. The Morgan fingerprint density at radius 2 is 2.00 bits per heavy atom. The summed E-state index contributed by atoms with van der Waals surface area (Å²) < 4.78 is 0. The highest BCUT2D eigenvalue weighted by molar-refractivity contribution is 5.74. The molecule has 0 atom stereocenters. The SMILES string of the molecule is C=C(O)Cc1ccc(C=O)cc1. The maximum Gasteiger partial charge on any atom is 0.150 e. The molecule has 1 N–H and O–H groups in total. The summed E-state index contributed by atoms with van der Waals surface area (Å²) in [6.07, 6.45) is 1.23. The van der Waals surface area contributed by atoms with Crippen LogP contribution in [0.25, 0.3) is 0 Å². The third-order valence-electron chi connectivity index (χ3n) is 1.52. The lowest BCUT2D eigenvalue weighted by Crippen LogP contribution is -1.88. The first-order valence-corrected chi connectivity index (χ1v) is 3.63. The van der Waals surface area contributed by atoms with Gasteiger partial charge in [0.1, 0.15) is 6.29 Å². The van der Waals surface area contributed by atoms with Crippen molar-refractivity contribution in [3.8, 4) is 0 Å². The zero-order valence-electron chi connectivity index (χ0n) is 6.66. The first-order valence-electron chi connectivity index (χ1n) is 3.63. The fourth-order valence-corrected chi connectivity index (χ4v) is 0.950. The third-order valence-corrected chi connectivity index (χ3v) is 1.52. The number of carbonyl (C=O) groups is 1. The molecule has 0 aromatic heterocycles. The van der Waals surface area contributed by atoms with Crippen molar-refractivity contribution in [1.82, 2.24) is 0 Å². The standard InChI is InChI=1S/C10H10O2/c1-8(12)6-9-2-4-10(7-11)5-3-9/h2-5,7,12H,1,6H2. The zero-order valence-corrected chi connectivity index (χ0v) is 6.66. The van der Waals surface area contributed by atoms with Crippen molar-refractivity contribution >= 4 is 6.29 Å². The fraction of sp³-hybridized carbons (Fsp3) is 0.100. The number of hydrogen-bond donors (Lipinski definition) is 1. The molecule has 0 spiro atoms. The van der Waals surface area contributed by atoms with Crippen LogP contribution in [0.2, 0.25) is 0 Å². The molecule has 62 valence electrons. The van der Waals surface area contributed by atoms with E-state index < -0.39 is 0 Å². The molecule has 0 unspecified atom stereocenters. The Balaban J connectivity index is 2.77. The molecule has 0 amide bonds. The van der Waals surface area contributed by atoms with Crippen molar-refractivity contribution in [2.75, 3.05) is 0 Å². The summed E-state index contributed by atoms with van der Waals surface area (Å²) in [6, 6.07) is 7.02. The maximum atomic E-state index is 10.3. The number of aliphatic hydroxyl groups is 1.